The Morgan fingerprint density at radius 3 is 2.35 bits per heavy atom. The first-order chi connectivity index (χ1) is 9.49. The number of nitrogens with one attached hydrogen (secondary N) is 1. The Morgan fingerprint density at radius 1 is 1.15 bits per heavy atom. The summed E-state index contributed by atoms with van der Waals surface area (Å²) in [4.78, 5) is 32.4. The lowest BCUT2D eigenvalue weighted by Crippen LogP contribution is -2.48. The number of carbonyl (C=O) groups is 3. The van der Waals surface area contributed by atoms with Crippen LogP contribution in [-0.2, 0) is 20.9 Å². The van der Waals surface area contributed by atoms with Crippen LogP contribution in [0, 0.1) is 0 Å². The Hall–Kier alpha value is -2.57. The monoisotopic (exact) mass is 279 g/mol. The van der Waals surface area contributed by atoms with Crippen LogP contribution < -0.4 is 15.5 Å². The van der Waals surface area contributed by atoms with Crippen molar-refractivity contribution >= 4 is 18.0 Å². The third kappa shape index (κ3) is 5.85. The SMILES string of the molecule is O=C([O-])CC[C@H](NC(=O)OCc1ccccc1)C(=O)[O-]. The van der Waals surface area contributed by atoms with Gasteiger partial charge in [0.2, 0.25) is 0 Å². The molecule has 1 aromatic carbocycles. The number of amides is 1. The molecule has 0 spiro atoms. The predicted octanol–water partition coefficient (Wildman–Crippen LogP) is -1.44. The molecule has 1 atom stereocenters. The molecule has 0 heterocycles. The molecule has 0 fully saturated rings. The molecule has 1 aromatic rings. The van der Waals surface area contributed by atoms with Crippen LogP contribution in [0.2, 0.25) is 0 Å². The van der Waals surface area contributed by atoms with Crippen molar-refractivity contribution in [2.45, 2.75) is 25.5 Å². The average molecular weight is 279 g/mol. The highest BCUT2D eigenvalue weighted by Crippen LogP contribution is 2.02. The predicted molar refractivity (Wildman–Crippen MR) is 62.8 cm³/mol. The molecule has 1 amide bonds. The summed E-state index contributed by atoms with van der Waals surface area (Å²) in [6.45, 7) is -0.0209. The minimum absolute atomic E-state index is 0.0209. The Labute approximate surface area is 115 Å². The van der Waals surface area contributed by atoms with Gasteiger partial charge in [-0.15, -0.1) is 0 Å². The second kappa shape index (κ2) is 7.78. The van der Waals surface area contributed by atoms with E-state index in [-0.39, 0.29) is 13.0 Å². The van der Waals surface area contributed by atoms with E-state index in [1.807, 2.05) is 5.32 Å². The molecule has 7 heteroatoms. The van der Waals surface area contributed by atoms with Crippen LogP contribution in [0.3, 0.4) is 0 Å². The van der Waals surface area contributed by atoms with E-state index in [0.717, 1.165) is 5.56 Å². The number of rotatable bonds is 7. The highest BCUT2D eigenvalue weighted by Gasteiger charge is 2.14. The van der Waals surface area contributed by atoms with Crippen LogP contribution in [0.25, 0.3) is 0 Å². The lowest BCUT2D eigenvalue weighted by Gasteiger charge is -2.19. The van der Waals surface area contributed by atoms with Crippen molar-refractivity contribution in [1.29, 1.82) is 0 Å². The Balaban J connectivity index is 2.41. The van der Waals surface area contributed by atoms with Gasteiger partial charge in [0.05, 0.1) is 12.0 Å². The van der Waals surface area contributed by atoms with E-state index >= 15 is 0 Å². The average Bonchev–Trinajstić information content (AvgIpc) is 2.41. The molecular formula is C13H13NO6-2. The molecule has 0 aliphatic rings. The number of carbonyl (C=O) groups excluding carboxylic acids is 3. The molecule has 1 rings (SSSR count). The van der Waals surface area contributed by atoms with Crippen molar-refractivity contribution in [2.75, 3.05) is 0 Å². The molecule has 108 valence electrons. The van der Waals surface area contributed by atoms with Gasteiger partial charge in [0, 0.05) is 5.97 Å². The lowest BCUT2D eigenvalue weighted by atomic mass is 10.1. The number of benzene rings is 1. The largest absolute Gasteiger partial charge is 0.550 e. The molecule has 0 radical (unpaired) electrons. The first-order valence-electron chi connectivity index (χ1n) is 5.87. The van der Waals surface area contributed by atoms with Crippen LogP contribution in [-0.4, -0.2) is 24.1 Å². The highest BCUT2D eigenvalue weighted by atomic mass is 16.5. The van der Waals surface area contributed by atoms with E-state index in [0.29, 0.717) is 0 Å². The number of hydrogen-bond donors (Lipinski definition) is 1. The van der Waals surface area contributed by atoms with E-state index in [2.05, 4.69) is 0 Å². The molecule has 0 saturated carbocycles. The molecule has 0 bridgehead atoms. The van der Waals surface area contributed by atoms with Crippen molar-refractivity contribution in [1.82, 2.24) is 5.32 Å². The fraction of sp³-hybridized carbons (Fsp3) is 0.308. The van der Waals surface area contributed by atoms with Gasteiger partial charge in [-0.25, -0.2) is 4.79 Å². The number of aliphatic carboxylic acids is 2. The van der Waals surface area contributed by atoms with Gasteiger partial charge < -0.3 is 29.9 Å². The van der Waals surface area contributed by atoms with E-state index in [4.69, 9.17) is 4.74 Å². The van der Waals surface area contributed by atoms with Gasteiger partial charge >= 0.3 is 6.09 Å². The number of hydrogen-bond acceptors (Lipinski definition) is 6. The summed E-state index contributed by atoms with van der Waals surface area (Å²) in [6.07, 6.45) is -1.79. The number of carboxylic acids is 2. The second-order valence-electron chi connectivity index (χ2n) is 3.99. The van der Waals surface area contributed by atoms with Crippen molar-refractivity contribution in [3.8, 4) is 0 Å². The summed E-state index contributed by atoms with van der Waals surface area (Å²) >= 11 is 0. The first kappa shape index (κ1) is 15.5. The zero-order valence-corrected chi connectivity index (χ0v) is 10.5. The van der Waals surface area contributed by atoms with Crippen LogP contribution >= 0.6 is 0 Å². The van der Waals surface area contributed by atoms with Crippen molar-refractivity contribution in [3.63, 3.8) is 0 Å². The van der Waals surface area contributed by atoms with Gasteiger partial charge in [0.15, 0.2) is 0 Å². The van der Waals surface area contributed by atoms with Crippen molar-refractivity contribution < 1.29 is 29.3 Å². The third-order valence-electron chi connectivity index (χ3n) is 2.43. The quantitative estimate of drug-likeness (QED) is 0.653. The van der Waals surface area contributed by atoms with Crippen molar-refractivity contribution in [2.24, 2.45) is 0 Å². The molecule has 0 aliphatic heterocycles. The highest BCUT2D eigenvalue weighted by molar-refractivity contribution is 5.79. The van der Waals surface area contributed by atoms with E-state index in [9.17, 15) is 24.6 Å². The third-order valence-corrected chi connectivity index (χ3v) is 2.43. The van der Waals surface area contributed by atoms with E-state index in [1.54, 1.807) is 30.3 Å². The van der Waals surface area contributed by atoms with Gasteiger partial charge in [-0.2, -0.15) is 0 Å². The summed E-state index contributed by atoms with van der Waals surface area (Å²) in [5.74, 6) is -2.99. The van der Waals surface area contributed by atoms with Gasteiger partial charge in [-0.05, 0) is 18.4 Å². The number of alkyl carbamates (subject to hydrolysis) is 1. The fourth-order valence-corrected chi connectivity index (χ4v) is 1.42. The molecule has 0 aromatic heterocycles. The Morgan fingerprint density at radius 2 is 1.80 bits per heavy atom. The molecule has 0 saturated heterocycles. The Bertz CT molecular complexity index is 473. The van der Waals surface area contributed by atoms with Crippen LogP contribution in [0.5, 0.6) is 0 Å². The number of ether oxygens (including phenoxy) is 1. The molecule has 7 nitrogen and oxygen atoms in total. The van der Waals surface area contributed by atoms with Gasteiger partial charge in [-0.3, -0.25) is 0 Å². The summed E-state index contributed by atoms with van der Waals surface area (Å²) in [6, 6.07) is 7.37. The summed E-state index contributed by atoms with van der Waals surface area (Å²) < 4.78 is 4.81. The molecule has 20 heavy (non-hydrogen) atoms. The zero-order chi connectivity index (χ0) is 15.0. The smallest absolute Gasteiger partial charge is 0.407 e. The van der Waals surface area contributed by atoms with Gasteiger partial charge in [0.25, 0.3) is 0 Å². The summed E-state index contributed by atoms with van der Waals surface area (Å²) in [5.41, 5.74) is 0.738. The minimum atomic E-state index is -1.58. The summed E-state index contributed by atoms with van der Waals surface area (Å²) in [5, 5.41) is 23.0. The standard InChI is InChI=1S/C13H15NO6/c15-11(16)7-6-10(12(17)18)14-13(19)20-8-9-4-2-1-3-5-9/h1-5,10H,6-8H2,(H,14,19)(H,15,16)(H,17,18)/p-2/t10-/m0/s1. The first-order valence-corrected chi connectivity index (χ1v) is 5.87. The molecule has 0 aliphatic carbocycles. The maximum absolute atomic E-state index is 11.4. The van der Waals surface area contributed by atoms with E-state index < -0.39 is 30.5 Å². The fourth-order valence-electron chi connectivity index (χ4n) is 1.42. The zero-order valence-electron chi connectivity index (χ0n) is 10.5. The summed E-state index contributed by atoms with van der Waals surface area (Å²) in [7, 11) is 0. The molecule has 0 unspecified atom stereocenters. The maximum atomic E-state index is 11.4. The van der Waals surface area contributed by atoms with E-state index in [1.165, 1.54) is 0 Å². The normalized spacial score (nSPS) is 11.4. The molecular weight excluding hydrogens is 266 g/mol. The van der Waals surface area contributed by atoms with Crippen molar-refractivity contribution in [3.05, 3.63) is 35.9 Å². The Kier molecular flexibility index (Phi) is 6.02. The van der Waals surface area contributed by atoms with Crippen LogP contribution in [0.1, 0.15) is 18.4 Å². The minimum Gasteiger partial charge on any atom is -0.550 e. The maximum Gasteiger partial charge on any atom is 0.407 e. The van der Waals surface area contributed by atoms with Crippen LogP contribution in [0.4, 0.5) is 4.79 Å². The molecule has 1 N–H and O–H groups in total. The van der Waals surface area contributed by atoms with Gasteiger partial charge in [-0.1, -0.05) is 30.3 Å². The van der Waals surface area contributed by atoms with Gasteiger partial charge in [0.1, 0.15) is 6.61 Å². The topological polar surface area (TPSA) is 119 Å². The van der Waals surface area contributed by atoms with Crippen LogP contribution in [0.15, 0.2) is 30.3 Å². The number of carboxylic acid groups (broad SMARTS) is 2. The second-order valence-corrected chi connectivity index (χ2v) is 3.99. The lowest BCUT2D eigenvalue weighted by molar-refractivity contribution is -0.310.